The molecule has 9 nitrogen and oxygen atoms in total. The van der Waals surface area contributed by atoms with Gasteiger partial charge in [-0.25, -0.2) is 9.59 Å². The third kappa shape index (κ3) is 5.93. The number of rotatable bonds is 7. The molecule has 0 aromatic rings. The van der Waals surface area contributed by atoms with Crippen molar-refractivity contribution in [2.45, 2.75) is 63.3 Å². The Morgan fingerprint density at radius 3 is 2.03 bits per heavy atom. The largest absolute Gasteiger partial charge is 0.473 e. The number of nitrogens with zero attached hydrogens (tertiary/aromatic N) is 1. The van der Waals surface area contributed by atoms with Gasteiger partial charge in [0.1, 0.15) is 0 Å². The van der Waals surface area contributed by atoms with Crippen LogP contribution in [0.2, 0.25) is 0 Å². The molecule has 4 bridgehead atoms. The molecule has 5 rings (SSSR count). The van der Waals surface area contributed by atoms with Gasteiger partial charge < -0.3 is 25.7 Å². The SMILES string of the molecule is O=C(CNCCCN1CCCC1=O)NC12CC3CC(CC(C3)C1)C2.O=C(O)C(=O)O. The molecule has 168 valence electrons. The summed E-state index contributed by atoms with van der Waals surface area (Å²) < 4.78 is 0. The van der Waals surface area contributed by atoms with Crippen molar-refractivity contribution >= 4 is 23.8 Å². The zero-order valence-corrected chi connectivity index (χ0v) is 17.4. The second-order valence-corrected chi connectivity index (χ2v) is 9.37. The van der Waals surface area contributed by atoms with Crippen molar-refractivity contribution in [3.63, 3.8) is 0 Å². The van der Waals surface area contributed by atoms with Gasteiger partial charge in [-0.3, -0.25) is 9.59 Å². The number of carbonyl (C=O) groups excluding carboxylic acids is 2. The molecule has 1 heterocycles. The van der Waals surface area contributed by atoms with Gasteiger partial charge in [-0.05, 0) is 75.7 Å². The van der Waals surface area contributed by atoms with Crippen molar-refractivity contribution in [2.75, 3.05) is 26.2 Å². The summed E-state index contributed by atoms with van der Waals surface area (Å²) in [5.74, 6) is -0.610. The molecule has 4 N–H and O–H groups in total. The first kappa shape index (κ1) is 22.5. The van der Waals surface area contributed by atoms with Crippen LogP contribution in [0.1, 0.15) is 57.8 Å². The quantitative estimate of drug-likeness (QED) is 0.352. The summed E-state index contributed by atoms with van der Waals surface area (Å²) in [4.78, 5) is 44.0. The second-order valence-electron chi connectivity index (χ2n) is 9.37. The van der Waals surface area contributed by atoms with E-state index >= 15 is 0 Å². The highest BCUT2D eigenvalue weighted by Crippen LogP contribution is 2.55. The second kappa shape index (κ2) is 9.76. The minimum Gasteiger partial charge on any atom is -0.473 e. The van der Waals surface area contributed by atoms with Gasteiger partial charge in [0.25, 0.3) is 0 Å². The summed E-state index contributed by atoms with van der Waals surface area (Å²) in [7, 11) is 0. The molecule has 0 unspecified atom stereocenters. The number of hydrogen-bond acceptors (Lipinski definition) is 5. The van der Waals surface area contributed by atoms with E-state index in [1.165, 1.54) is 38.5 Å². The zero-order valence-electron chi connectivity index (χ0n) is 17.4. The number of amides is 2. The molecular weight excluding hydrogens is 390 g/mol. The lowest BCUT2D eigenvalue weighted by atomic mass is 9.53. The van der Waals surface area contributed by atoms with Crippen molar-refractivity contribution in [3.05, 3.63) is 0 Å². The maximum atomic E-state index is 12.4. The normalized spacial score (nSPS) is 31.3. The smallest absolute Gasteiger partial charge is 0.414 e. The number of carboxylic acid groups (broad SMARTS) is 2. The molecule has 5 aliphatic rings. The lowest BCUT2D eigenvalue weighted by molar-refractivity contribution is -0.159. The number of nitrogens with one attached hydrogen (secondary N) is 2. The first-order valence-electron chi connectivity index (χ1n) is 11.0. The number of carboxylic acids is 2. The fraction of sp³-hybridized carbons (Fsp3) is 0.810. The molecule has 0 aromatic carbocycles. The molecule has 0 atom stereocenters. The molecule has 5 fully saturated rings. The highest BCUT2D eigenvalue weighted by atomic mass is 16.4. The van der Waals surface area contributed by atoms with Crippen LogP contribution in [0, 0.1) is 17.8 Å². The first-order chi connectivity index (χ1) is 14.3. The summed E-state index contributed by atoms with van der Waals surface area (Å²) >= 11 is 0. The van der Waals surface area contributed by atoms with E-state index in [1.807, 2.05) is 4.90 Å². The molecule has 30 heavy (non-hydrogen) atoms. The molecule has 1 saturated heterocycles. The van der Waals surface area contributed by atoms with Crippen molar-refractivity contribution in [2.24, 2.45) is 17.8 Å². The average molecular weight is 424 g/mol. The van der Waals surface area contributed by atoms with Crippen LogP contribution in [0.3, 0.4) is 0 Å². The molecule has 9 heteroatoms. The van der Waals surface area contributed by atoms with Gasteiger partial charge in [0.05, 0.1) is 6.54 Å². The minimum absolute atomic E-state index is 0.121. The lowest BCUT2D eigenvalue weighted by Crippen LogP contribution is -2.60. The van der Waals surface area contributed by atoms with E-state index in [-0.39, 0.29) is 17.4 Å². The highest BCUT2D eigenvalue weighted by molar-refractivity contribution is 6.27. The Hall–Kier alpha value is -2.16. The van der Waals surface area contributed by atoms with Crippen molar-refractivity contribution < 1.29 is 29.4 Å². The van der Waals surface area contributed by atoms with E-state index in [1.54, 1.807) is 0 Å². The molecule has 0 spiro atoms. The van der Waals surface area contributed by atoms with Gasteiger partial charge in [-0.15, -0.1) is 0 Å². The van der Waals surface area contributed by atoms with Crippen LogP contribution in [0.15, 0.2) is 0 Å². The van der Waals surface area contributed by atoms with Crippen LogP contribution in [-0.4, -0.2) is 70.6 Å². The van der Waals surface area contributed by atoms with Crippen LogP contribution >= 0.6 is 0 Å². The molecule has 2 amide bonds. The van der Waals surface area contributed by atoms with E-state index < -0.39 is 11.9 Å². The predicted octanol–water partition coefficient (Wildman–Crippen LogP) is 0.829. The Labute approximate surface area is 176 Å². The number of aliphatic carboxylic acids is 2. The van der Waals surface area contributed by atoms with Gasteiger partial charge >= 0.3 is 11.9 Å². The molecule has 1 aliphatic heterocycles. The summed E-state index contributed by atoms with van der Waals surface area (Å²) in [6.45, 7) is 2.95. The van der Waals surface area contributed by atoms with Crippen LogP contribution in [0.5, 0.6) is 0 Å². The lowest BCUT2D eigenvalue weighted by Gasteiger charge is -2.56. The Morgan fingerprint density at radius 2 is 1.57 bits per heavy atom. The van der Waals surface area contributed by atoms with E-state index in [4.69, 9.17) is 19.8 Å². The van der Waals surface area contributed by atoms with Gasteiger partial charge in [-0.1, -0.05) is 0 Å². The van der Waals surface area contributed by atoms with Crippen LogP contribution in [-0.2, 0) is 19.2 Å². The highest BCUT2D eigenvalue weighted by Gasteiger charge is 2.51. The fourth-order valence-corrected chi connectivity index (χ4v) is 6.14. The molecule has 4 aliphatic carbocycles. The van der Waals surface area contributed by atoms with Crippen molar-refractivity contribution in [3.8, 4) is 0 Å². The van der Waals surface area contributed by atoms with Gasteiger partial charge in [0.15, 0.2) is 0 Å². The Bertz CT molecular complexity index is 632. The van der Waals surface area contributed by atoms with Gasteiger partial charge in [0, 0.05) is 25.0 Å². The summed E-state index contributed by atoms with van der Waals surface area (Å²) in [6, 6.07) is 0. The van der Waals surface area contributed by atoms with E-state index in [0.717, 1.165) is 50.2 Å². The zero-order chi connectivity index (χ0) is 21.7. The average Bonchev–Trinajstić information content (AvgIpc) is 3.05. The van der Waals surface area contributed by atoms with Crippen LogP contribution < -0.4 is 10.6 Å². The topological polar surface area (TPSA) is 136 Å². The maximum absolute atomic E-state index is 12.4. The van der Waals surface area contributed by atoms with E-state index in [9.17, 15) is 9.59 Å². The molecule has 0 radical (unpaired) electrons. The number of carbonyl (C=O) groups is 4. The third-order valence-corrected chi connectivity index (χ3v) is 6.86. The summed E-state index contributed by atoms with van der Waals surface area (Å²) in [6.07, 6.45) is 10.5. The molecular formula is C21H33N3O6. The summed E-state index contributed by atoms with van der Waals surface area (Å²) in [5, 5.41) is 21.4. The Balaban J connectivity index is 0.000000377. The first-order valence-corrected chi connectivity index (χ1v) is 11.0. The number of likely N-dealkylation sites (tertiary alicyclic amines) is 1. The maximum Gasteiger partial charge on any atom is 0.414 e. The van der Waals surface area contributed by atoms with Gasteiger partial charge in [0.2, 0.25) is 11.8 Å². The van der Waals surface area contributed by atoms with E-state index in [0.29, 0.717) is 13.0 Å². The Kier molecular flexibility index (Phi) is 7.33. The monoisotopic (exact) mass is 423 g/mol. The molecule has 4 saturated carbocycles. The third-order valence-electron chi connectivity index (χ3n) is 6.86. The van der Waals surface area contributed by atoms with Crippen molar-refractivity contribution in [1.82, 2.24) is 15.5 Å². The fourth-order valence-electron chi connectivity index (χ4n) is 6.14. The Morgan fingerprint density at radius 1 is 1.00 bits per heavy atom. The number of hydrogen-bond donors (Lipinski definition) is 4. The summed E-state index contributed by atoms with van der Waals surface area (Å²) in [5.41, 5.74) is 0.121. The van der Waals surface area contributed by atoms with Crippen molar-refractivity contribution in [1.29, 1.82) is 0 Å². The van der Waals surface area contributed by atoms with E-state index in [2.05, 4.69) is 10.6 Å². The van der Waals surface area contributed by atoms with Gasteiger partial charge in [-0.2, -0.15) is 0 Å². The van der Waals surface area contributed by atoms with Crippen LogP contribution in [0.4, 0.5) is 0 Å². The molecule has 0 aromatic heterocycles. The van der Waals surface area contributed by atoms with Crippen LogP contribution in [0.25, 0.3) is 0 Å². The predicted molar refractivity (Wildman–Crippen MR) is 108 cm³/mol. The minimum atomic E-state index is -1.82. The standard InChI is InChI=1S/C19H31N3O2.C2H2O4/c23-17(13-20-4-2-6-22-5-1-3-18(22)24)21-19-10-14-7-15(11-19)9-16(8-14)12-19;3-1(4)2(5)6/h14-16,20H,1-13H2,(H,21,23);(H,3,4)(H,5,6).